The van der Waals surface area contributed by atoms with E-state index < -0.39 is 0 Å². The molecule has 0 radical (unpaired) electrons. The van der Waals surface area contributed by atoms with Crippen molar-refractivity contribution in [1.82, 2.24) is 9.47 Å². The molecule has 0 atom stereocenters. The van der Waals surface area contributed by atoms with Crippen molar-refractivity contribution < 1.29 is 14.3 Å². The summed E-state index contributed by atoms with van der Waals surface area (Å²) in [4.78, 5) is 26.2. The lowest BCUT2D eigenvalue weighted by molar-refractivity contribution is -0.122. The van der Waals surface area contributed by atoms with Crippen molar-refractivity contribution in [1.29, 1.82) is 0 Å². The van der Waals surface area contributed by atoms with Crippen LogP contribution in [0.4, 0.5) is 4.79 Å². The van der Waals surface area contributed by atoms with Crippen LogP contribution in [-0.2, 0) is 16.1 Å². The molecule has 1 fully saturated rings. The molecule has 126 valence electrons. The summed E-state index contributed by atoms with van der Waals surface area (Å²) in [5.41, 5.74) is 3.19. The second-order valence-electron chi connectivity index (χ2n) is 5.66. The van der Waals surface area contributed by atoms with Gasteiger partial charge in [-0.05, 0) is 49.7 Å². The van der Waals surface area contributed by atoms with E-state index in [1.54, 1.807) is 7.11 Å². The average molecular weight is 336 g/mol. The van der Waals surface area contributed by atoms with Crippen LogP contribution in [0.3, 0.4) is 0 Å². The topological polar surface area (TPSA) is 51.5 Å². The first kappa shape index (κ1) is 17.8. The highest BCUT2D eigenvalue weighted by Crippen LogP contribution is 2.33. The van der Waals surface area contributed by atoms with Gasteiger partial charge in [0.1, 0.15) is 0 Å². The first-order valence-corrected chi connectivity index (χ1v) is 8.72. The van der Waals surface area contributed by atoms with Crippen molar-refractivity contribution in [3.8, 4) is 0 Å². The first-order valence-electron chi connectivity index (χ1n) is 7.90. The zero-order valence-corrected chi connectivity index (χ0v) is 15.0. The summed E-state index contributed by atoms with van der Waals surface area (Å²) in [5.74, 6) is -0.171. The molecule has 0 unspecified atom stereocenters. The Bertz CT molecular complexity index is 634. The van der Waals surface area contributed by atoms with Crippen LogP contribution in [0.5, 0.6) is 0 Å². The fraction of sp³-hybridized carbons (Fsp3) is 0.529. The summed E-state index contributed by atoms with van der Waals surface area (Å²) in [6.45, 7) is 8.03. The van der Waals surface area contributed by atoms with E-state index in [0.29, 0.717) is 18.1 Å². The number of carbonyl (C=O) groups is 2. The minimum atomic E-state index is -0.171. The Kier molecular flexibility index (Phi) is 6.07. The van der Waals surface area contributed by atoms with E-state index in [1.165, 1.54) is 4.90 Å². The van der Waals surface area contributed by atoms with E-state index in [0.717, 1.165) is 48.1 Å². The molecule has 0 bridgehead atoms. The number of ether oxygens (including phenoxy) is 1. The van der Waals surface area contributed by atoms with E-state index in [-0.39, 0.29) is 11.1 Å². The molecule has 0 saturated carbocycles. The van der Waals surface area contributed by atoms with Crippen molar-refractivity contribution >= 4 is 29.0 Å². The van der Waals surface area contributed by atoms with Gasteiger partial charge in [0.15, 0.2) is 0 Å². The normalized spacial score (nSPS) is 16.9. The monoisotopic (exact) mass is 336 g/mol. The summed E-state index contributed by atoms with van der Waals surface area (Å²) < 4.78 is 7.30. The van der Waals surface area contributed by atoms with E-state index in [4.69, 9.17) is 4.74 Å². The van der Waals surface area contributed by atoms with E-state index in [1.807, 2.05) is 32.9 Å². The molecule has 2 amide bonds. The third-order valence-electron chi connectivity index (χ3n) is 4.03. The van der Waals surface area contributed by atoms with Crippen molar-refractivity contribution in [2.45, 2.75) is 40.2 Å². The van der Waals surface area contributed by atoms with Gasteiger partial charge in [-0.1, -0.05) is 13.3 Å². The van der Waals surface area contributed by atoms with Gasteiger partial charge in [0.05, 0.1) is 11.5 Å². The van der Waals surface area contributed by atoms with Crippen LogP contribution in [-0.4, -0.2) is 40.9 Å². The summed E-state index contributed by atoms with van der Waals surface area (Å²) in [6, 6.07) is 2.05. The number of thioether (sulfide) groups is 1. The molecule has 1 aromatic rings. The zero-order chi connectivity index (χ0) is 17.0. The van der Waals surface area contributed by atoms with Gasteiger partial charge in [-0.25, -0.2) is 0 Å². The highest BCUT2D eigenvalue weighted by atomic mass is 32.2. The van der Waals surface area contributed by atoms with Crippen LogP contribution >= 0.6 is 11.8 Å². The van der Waals surface area contributed by atoms with Crippen molar-refractivity contribution in [2.24, 2.45) is 0 Å². The molecule has 2 heterocycles. The average Bonchev–Trinajstić information content (AvgIpc) is 2.93. The molecule has 1 aromatic heterocycles. The second kappa shape index (κ2) is 7.84. The summed E-state index contributed by atoms with van der Waals surface area (Å²) in [7, 11) is 1.68. The number of hydrogen-bond acceptors (Lipinski definition) is 4. The van der Waals surface area contributed by atoms with Gasteiger partial charge in [-0.2, -0.15) is 0 Å². The third-order valence-corrected chi connectivity index (χ3v) is 4.93. The predicted octanol–water partition coefficient (Wildman–Crippen LogP) is 3.59. The molecule has 0 N–H and O–H groups in total. The third kappa shape index (κ3) is 3.87. The minimum Gasteiger partial charge on any atom is -0.383 e. The molecular weight excluding hydrogens is 312 g/mol. The van der Waals surface area contributed by atoms with E-state index in [9.17, 15) is 9.59 Å². The van der Waals surface area contributed by atoms with Gasteiger partial charge in [-0.3, -0.25) is 14.5 Å². The Hall–Kier alpha value is -1.53. The fourth-order valence-electron chi connectivity index (χ4n) is 2.65. The molecule has 0 aliphatic carbocycles. The zero-order valence-electron chi connectivity index (χ0n) is 14.2. The standard InChI is InChI=1S/C17H24N2O3S/c1-5-6-7-19-16(20)15(23-17(19)21)11-14-10-12(2)18(13(14)3)8-9-22-4/h10-11H,5-9H2,1-4H3/b15-11-. The lowest BCUT2D eigenvalue weighted by Gasteiger charge is -2.10. The molecule has 0 aromatic carbocycles. The van der Waals surface area contributed by atoms with Gasteiger partial charge >= 0.3 is 0 Å². The van der Waals surface area contributed by atoms with Gasteiger partial charge in [0.25, 0.3) is 11.1 Å². The molecule has 6 heteroatoms. The van der Waals surface area contributed by atoms with Gasteiger partial charge < -0.3 is 9.30 Å². The number of imide groups is 1. The Morgan fingerprint density at radius 2 is 2.00 bits per heavy atom. The molecule has 2 rings (SSSR count). The maximum Gasteiger partial charge on any atom is 0.293 e. The van der Waals surface area contributed by atoms with Crippen molar-refractivity contribution in [2.75, 3.05) is 20.3 Å². The summed E-state index contributed by atoms with van der Waals surface area (Å²) in [5, 5.41) is -0.164. The minimum absolute atomic E-state index is 0.164. The molecule has 5 nitrogen and oxygen atoms in total. The molecular formula is C17H24N2O3S. The number of aryl methyl sites for hydroxylation is 1. The highest BCUT2D eigenvalue weighted by molar-refractivity contribution is 8.18. The number of methoxy groups -OCH3 is 1. The van der Waals surface area contributed by atoms with Gasteiger partial charge in [0, 0.05) is 31.6 Å². The van der Waals surface area contributed by atoms with Gasteiger partial charge in [-0.15, -0.1) is 0 Å². The van der Waals surface area contributed by atoms with Crippen LogP contribution in [0.15, 0.2) is 11.0 Å². The summed E-state index contributed by atoms with van der Waals surface area (Å²) >= 11 is 1.03. The number of unbranched alkanes of at least 4 members (excludes halogenated alkanes) is 1. The maximum absolute atomic E-state index is 12.4. The first-order chi connectivity index (χ1) is 11.0. The number of amides is 2. The maximum atomic E-state index is 12.4. The quantitative estimate of drug-likeness (QED) is 0.714. The number of nitrogens with zero attached hydrogens (tertiary/aromatic N) is 2. The number of rotatable bonds is 7. The molecule has 23 heavy (non-hydrogen) atoms. The van der Waals surface area contributed by atoms with Gasteiger partial charge in [0.2, 0.25) is 0 Å². The Labute approximate surface area is 141 Å². The molecule has 1 aliphatic rings. The Morgan fingerprint density at radius 1 is 1.26 bits per heavy atom. The smallest absolute Gasteiger partial charge is 0.293 e. The van der Waals surface area contributed by atoms with Crippen molar-refractivity contribution in [3.63, 3.8) is 0 Å². The van der Waals surface area contributed by atoms with E-state index >= 15 is 0 Å². The van der Waals surface area contributed by atoms with Crippen LogP contribution < -0.4 is 0 Å². The largest absolute Gasteiger partial charge is 0.383 e. The summed E-state index contributed by atoms with van der Waals surface area (Å²) in [6.07, 6.45) is 3.64. The Morgan fingerprint density at radius 3 is 2.65 bits per heavy atom. The molecule has 0 spiro atoms. The van der Waals surface area contributed by atoms with Crippen LogP contribution in [0.1, 0.15) is 36.7 Å². The lowest BCUT2D eigenvalue weighted by atomic mass is 10.2. The van der Waals surface area contributed by atoms with Crippen LogP contribution in [0.2, 0.25) is 0 Å². The van der Waals surface area contributed by atoms with Crippen LogP contribution in [0.25, 0.3) is 6.08 Å². The molecule has 1 aliphatic heterocycles. The number of hydrogen-bond donors (Lipinski definition) is 0. The van der Waals surface area contributed by atoms with Crippen molar-refractivity contribution in [3.05, 3.63) is 27.9 Å². The molecule has 1 saturated heterocycles. The fourth-order valence-corrected chi connectivity index (χ4v) is 3.51. The second-order valence-corrected chi connectivity index (χ2v) is 6.65. The Balaban J connectivity index is 2.22. The number of aromatic nitrogens is 1. The highest BCUT2D eigenvalue weighted by Gasteiger charge is 2.34. The SMILES string of the molecule is CCCCN1C(=O)S/C(=C\c2cc(C)n(CCOC)c2C)C1=O. The van der Waals surface area contributed by atoms with Crippen LogP contribution in [0, 0.1) is 13.8 Å². The lowest BCUT2D eigenvalue weighted by Crippen LogP contribution is -2.29. The van der Waals surface area contributed by atoms with E-state index in [2.05, 4.69) is 4.57 Å². The number of carbonyl (C=O) groups excluding carboxylic acids is 2. The predicted molar refractivity (Wildman–Crippen MR) is 93.4 cm³/mol.